The van der Waals surface area contributed by atoms with Gasteiger partial charge < -0.3 is 5.11 Å². The second kappa shape index (κ2) is 4.21. The van der Waals surface area contributed by atoms with Crippen LogP contribution in [0.2, 0.25) is 0 Å². The predicted molar refractivity (Wildman–Crippen MR) is 69.8 cm³/mol. The minimum atomic E-state index is 0.142. The summed E-state index contributed by atoms with van der Waals surface area (Å²) in [5.74, 6) is 0.491. The van der Waals surface area contributed by atoms with Gasteiger partial charge in [-0.05, 0) is 46.9 Å². The number of aromatic hydroxyl groups is 1. The van der Waals surface area contributed by atoms with E-state index in [1.54, 1.807) is 6.07 Å². The van der Waals surface area contributed by atoms with Crippen molar-refractivity contribution >= 4 is 17.1 Å². The zero-order valence-corrected chi connectivity index (χ0v) is 10.3. The van der Waals surface area contributed by atoms with Crippen LogP contribution in [0, 0.1) is 6.92 Å². The maximum atomic E-state index is 11.1. The van der Waals surface area contributed by atoms with Gasteiger partial charge in [-0.1, -0.05) is 26.0 Å². The first-order valence-electron chi connectivity index (χ1n) is 5.76. The molecule has 0 saturated carbocycles. The van der Waals surface area contributed by atoms with Gasteiger partial charge in [0, 0.05) is 5.56 Å². The molecule has 0 atom stereocenters. The smallest absolute Gasteiger partial charge is 0.150 e. The van der Waals surface area contributed by atoms with Gasteiger partial charge >= 0.3 is 0 Å². The normalized spacial score (nSPS) is 11.1. The van der Waals surface area contributed by atoms with E-state index in [-0.39, 0.29) is 5.75 Å². The Hall–Kier alpha value is -1.83. The summed E-state index contributed by atoms with van der Waals surface area (Å²) in [4.78, 5) is 11.1. The van der Waals surface area contributed by atoms with Crippen LogP contribution in [-0.4, -0.2) is 11.4 Å². The molecule has 0 unspecified atom stereocenters. The Morgan fingerprint density at radius 1 is 1.24 bits per heavy atom. The topological polar surface area (TPSA) is 37.3 Å². The molecule has 0 fully saturated rings. The van der Waals surface area contributed by atoms with E-state index in [1.165, 1.54) is 6.07 Å². The van der Waals surface area contributed by atoms with Gasteiger partial charge in [0.05, 0.1) is 0 Å². The van der Waals surface area contributed by atoms with Crippen molar-refractivity contribution in [3.8, 4) is 5.75 Å². The van der Waals surface area contributed by atoms with E-state index >= 15 is 0 Å². The fourth-order valence-corrected chi connectivity index (χ4v) is 2.24. The molecule has 2 heteroatoms. The van der Waals surface area contributed by atoms with E-state index in [9.17, 15) is 9.90 Å². The lowest BCUT2D eigenvalue weighted by atomic mass is 9.91. The molecule has 0 aromatic heterocycles. The number of phenolic OH excluding ortho intramolecular Hbond substituents is 1. The van der Waals surface area contributed by atoms with E-state index in [1.807, 2.05) is 13.0 Å². The number of hydrogen-bond acceptors (Lipinski definition) is 2. The van der Waals surface area contributed by atoms with E-state index in [0.29, 0.717) is 11.5 Å². The van der Waals surface area contributed by atoms with Crippen molar-refractivity contribution in [2.75, 3.05) is 0 Å². The van der Waals surface area contributed by atoms with E-state index in [2.05, 4.69) is 19.9 Å². The van der Waals surface area contributed by atoms with Crippen molar-refractivity contribution in [2.24, 2.45) is 0 Å². The molecular weight excluding hydrogens is 212 g/mol. The molecule has 2 rings (SSSR count). The summed E-state index contributed by atoms with van der Waals surface area (Å²) in [7, 11) is 0. The molecule has 0 aliphatic heterocycles. The predicted octanol–water partition coefficient (Wildman–Crippen LogP) is 3.79. The lowest BCUT2D eigenvalue weighted by Gasteiger charge is -2.14. The van der Waals surface area contributed by atoms with Crippen molar-refractivity contribution in [1.29, 1.82) is 0 Å². The van der Waals surface area contributed by atoms with Gasteiger partial charge in [0.2, 0.25) is 0 Å². The molecule has 2 aromatic carbocycles. The fourth-order valence-electron chi connectivity index (χ4n) is 2.24. The van der Waals surface area contributed by atoms with Crippen LogP contribution in [-0.2, 0) is 0 Å². The Labute approximate surface area is 101 Å². The number of fused-ring (bicyclic) bond motifs is 1. The number of phenols is 1. The average molecular weight is 228 g/mol. The van der Waals surface area contributed by atoms with Gasteiger partial charge in [0.25, 0.3) is 0 Å². The van der Waals surface area contributed by atoms with Crippen LogP contribution >= 0.6 is 0 Å². The number of carbonyl (C=O) groups excluding carboxylic acids is 1. The third-order valence-corrected chi connectivity index (χ3v) is 3.13. The SMILES string of the molecule is Cc1ccc(C(C)C)c2c(C=O)cc(O)cc12. The molecular formula is C15H16O2. The van der Waals surface area contributed by atoms with Crippen LogP contribution in [0.15, 0.2) is 24.3 Å². The van der Waals surface area contributed by atoms with Crippen LogP contribution in [0.4, 0.5) is 0 Å². The second-order valence-electron chi connectivity index (χ2n) is 4.70. The summed E-state index contributed by atoms with van der Waals surface area (Å²) < 4.78 is 0. The van der Waals surface area contributed by atoms with Gasteiger partial charge in [-0.25, -0.2) is 0 Å². The van der Waals surface area contributed by atoms with E-state index < -0.39 is 0 Å². The van der Waals surface area contributed by atoms with Crippen LogP contribution < -0.4 is 0 Å². The highest BCUT2D eigenvalue weighted by Gasteiger charge is 2.12. The van der Waals surface area contributed by atoms with Gasteiger partial charge in [-0.3, -0.25) is 4.79 Å². The van der Waals surface area contributed by atoms with Crippen LogP contribution in [0.1, 0.15) is 41.3 Å². The van der Waals surface area contributed by atoms with Crippen LogP contribution in [0.25, 0.3) is 10.8 Å². The van der Waals surface area contributed by atoms with Crippen molar-refractivity contribution < 1.29 is 9.90 Å². The van der Waals surface area contributed by atoms with Crippen molar-refractivity contribution in [3.05, 3.63) is 41.0 Å². The van der Waals surface area contributed by atoms with Crippen molar-refractivity contribution in [2.45, 2.75) is 26.7 Å². The maximum Gasteiger partial charge on any atom is 0.150 e. The summed E-state index contributed by atoms with van der Waals surface area (Å²) >= 11 is 0. The highest BCUT2D eigenvalue weighted by atomic mass is 16.3. The monoisotopic (exact) mass is 228 g/mol. The molecule has 1 N–H and O–H groups in total. The number of aldehydes is 1. The lowest BCUT2D eigenvalue weighted by molar-refractivity contribution is 0.112. The standard InChI is InChI=1S/C15H16O2/c1-9(2)13-5-4-10(3)14-7-12(17)6-11(8-16)15(13)14/h4-9,17H,1-3H3. The summed E-state index contributed by atoms with van der Waals surface area (Å²) in [5.41, 5.74) is 2.78. The minimum absolute atomic E-state index is 0.142. The summed E-state index contributed by atoms with van der Waals surface area (Å²) in [5, 5.41) is 11.6. The molecule has 0 aliphatic carbocycles. The second-order valence-corrected chi connectivity index (χ2v) is 4.70. The molecule has 0 radical (unpaired) electrons. The third kappa shape index (κ3) is 1.91. The number of carbonyl (C=O) groups is 1. The third-order valence-electron chi connectivity index (χ3n) is 3.13. The highest BCUT2D eigenvalue weighted by Crippen LogP contribution is 2.32. The first-order chi connectivity index (χ1) is 8.04. The Balaban J connectivity index is 2.97. The highest BCUT2D eigenvalue weighted by molar-refractivity contribution is 6.02. The molecule has 0 bridgehead atoms. The minimum Gasteiger partial charge on any atom is -0.508 e. The largest absolute Gasteiger partial charge is 0.508 e. The molecule has 0 amide bonds. The van der Waals surface area contributed by atoms with Crippen molar-refractivity contribution in [3.63, 3.8) is 0 Å². The molecule has 2 nitrogen and oxygen atoms in total. The van der Waals surface area contributed by atoms with Gasteiger partial charge in [0.1, 0.15) is 5.75 Å². The number of rotatable bonds is 2. The lowest BCUT2D eigenvalue weighted by Crippen LogP contribution is -1.95. The van der Waals surface area contributed by atoms with Crippen LogP contribution in [0.5, 0.6) is 5.75 Å². The van der Waals surface area contributed by atoms with Crippen molar-refractivity contribution in [1.82, 2.24) is 0 Å². The van der Waals surface area contributed by atoms with E-state index in [0.717, 1.165) is 28.2 Å². The van der Waals surface area contributed by atoms with Crippen LogP contribution in [0.3, 0.4) is 0 Å². The first kappa shape index (κ1) is 11.6. The molecule has 17 heavy (non-hydrogen) atoms. The number of aryl methyl sites for hydroxylation is 1. The zero-order valence-electron chi connectivity index (χ0n) is 10.3. The summed E-state index contributed by atoms with van der Waals surface area (Å²) in [6.45, 7) is 6.19. The molecule has 0 saturated heterocycles. The number of benzene rings is 2. The summed E-state index contributed by atoms with van der Waals surface area (Å²) in [6, 6.07) is 7.35. The number of hydrogen-bond donors (Lipinski definition) is 1. The summed E-state index contributed by atoms with van der Waals surface area (Å²) in [6.07, 6.45) is 0.813. The Morgan fingerprint density at radius 3 is 2.53 bits per heavy atom. The Bertz CT molecular complexity index is 583. The quantitative estimate of drug-likeness (QED) is 0.794. The molecule has 88 valence electrons. The maximum absolute atomic E-state index is 11.1. The molecule has 2 aromatic rings. The Kier molecular flexibility index (Phi) is 2.88. The van der Waals surface area contributed by atoms with Gasteiger partial charge in [0.15, 0.2) is 6.29 Å². The average Bonchev–Trinajstić information content (AvgIpc) is 2.29. The molecule has 0 aliphatic rings. The first-order valence-corrected chi connectivity index (χ1v) is 5.76. The fraction of sp³-hybridized carbons (Fsp3) is 0.267. The van der Waals surface area contributed by atoms with Gasteiger partial charge in [-0.15, -0.1) is 0 Å². The van der Waals surface area contributed by atoms with Gasteiger partial charge in [-0.2, -0.15) is 0 Å². The molecule has 0 spiro atoms. The van der Waals surface area contributed by atoms with E-state index in [4.69, 9.17) is 0 Å². The Morgan fingerprint density at radius 2 is 1.94 bits per heavy atom. The zero-order chi connectivity index (χ0) is 12.6. The molecule has 0 heterocycles.